The van der Waals surface area contributed by atoms with Crippen molar-refractivity contribution in [1.82, 2.24) is 19.7 Å². The molecule has 0 aliphatic rings. The third-order valence-electron chi connectivity index (χ3n) is 4.36. The number of urea groups is 1. The number of rotatable bonds is 6. The van der Waals surface area contributed by atoms with Crippen molar-refractivity contribution in [2.24, 2.45) is 12.8 Å². The van der Waals surface area contributed by atoms with Crippen LogP contribution in [-0.2, 0) is 7.05 Å². The first kappa shape index (κ1) is 20.7. The molecule has 0 saturated heterocycles. The van der Waals surface area contributed by atoms with Crippen molar-refractivity contribution in [3.05, 3.63) is 34.6 Å². The topological polar surface area (TPSA) is 111 Å². The molecule has 0 atom stereocenters. The molecule has 0 spiro atoms. The van der Waals surface area contributed by atoms with E-state index in [-0.39, 0.29) is 17.0 Å². The normalized spacial score (nSPS) is 11.1. The Morgan fingerprint density at radius 2 is 2.07 bits per heavy atom. The minimum Gasteiger partial charge on any atom is -0.478 e. The molecule has 0 unspecified atom stereocenters. The average Bonchev–Trinajstić information content (AvgIpc) is 2.92. The van der Waals surface area contributed by atoms with Crippen molar-refractivity contribution in [3.63, 3.8) is 0 Å². The highest BCUT2D eigenvalue weighted by atomic mass is 35.5. The second-order valence-corrected chi connectivity index (χ2v) is 7.25. The molecule has 154 valence electrons. The first-order chi connectivity index (χ1) is 13.7. The van der Waals surface area contributed by atoms with Gasteiger partial charge in [-0.25, -0.2) is 19.8 Å². The second-order valence-electron chi connectivity index (χ2n) is 6.86. The zero-order valence-electron chi connectivity index (χ0n) is 17.0. The monoisotopic (exact) mass is 417 g/mol. The molecule has 29 heavy (non-hydrogen) atoms. The van der Waals surface area contributed by atoms with Crippen LogP contribution in [0.25, 0.3) is 11.0 Å². The van der Waals surface area contributed by atoms with Crippen LogP contribution in [0.15, 0.2) is 18.2 Å². The van der Waals surface area contributed by atoms with E-state index in [0.717, 1.165) is 27.3 Å². The van der Waals surface area contributed by atoms with Gasteiger partial charge in [0.15, 0.2) is 0 Å². The van der Waals surface area contributed by atoms with Crippen LogP contribution in [-0.4, -0.2) is 32.4 Å². The number of anilines is 2. The molecule has 0 aliphatic carbocycles. The Morgan fingerprint density at radius 1 is 1.34 bits per heavy atom. The summed E-state index contributed by atoms with van der Waals surface area (Å²) in [5.41, 5.74) is 12.5. The first-order valence-corrected chi connectivity index (χ1v) is 9.59. The number of hydrogen-bond donors (Lipinski definition) is 2. The van der Waals surface area contributed by atoms with Gasteiger partial charge in [-0.15, -0.1) is 0 Å². The van der Waals surface area contributed by atoms with Crippen molar-refractivity contribution >= 4 is 40.2 Å². The Labute approximate surface area is 173 Å². The van der Waals surface area contributed by atoms with E-state index in [1.165, 1.54) is 6.07 Å². The molecule has 0 aromatic carbocycles. The zero-order valence-corrected chi connectivity index (χ0v) is 17.8. The van der Waals surface area contributed by atoms with Gasteiger partial charge in [-0.1, -0.05) is 25.4 Å². The van der Waals surface area contributed by atoms with E-state index < -0.39 is 6.03 Å². The van der Waals surface area contributed by atoms with Crippen LogP contribution in [0.2, 0.25) is 5.15 Å². The standard InChI is InChI=1S/C19H24ClN7O2/c1-6-29-16-8-12(7-14(20)22-16)27(19(21)28)25-15-9-13(10(2)3)18-17(23-15)11(4)24-26(18)5/h7-10H,6H2,1-5H3,(H2,21,28)(H,23,25). The number of pyridine rings is 2. The summed E-state index contributed by atoms with van der Waals surface area (Å²) in [5, 5.41) is 5.80. The Kier molecular flexibility index (Phi) is 5.78. The number of ether oxygens (including phenoxy) is 1. The van der Waals surface area contributed by atoms with Gasteiger partial charge in [0.25, 0.3) is 0 Å². The lowest BCUT2D eigenvalue weighted by molar-refractivity contribution is 0.255. The fourth-order valence-electron chi connectivity index (χ4n) is 3.14. The lowest BCUT2D eigenvalue weighted by Gasteiger charge is -2.23. The highest BCUT2D eigenvalue weighted by Crippen LogP contribution is 2.30. The van der Waals surface area contributed by atoms with Crippen LogP contribution >= 0.6 is 11.6 Å². The van der Waals surface area contributed by atoms with Gasteiger partial charge in [0.05, 0.1) is 23.5 Å². The Morgan fingerprint density at radius 3 is 2.69 bits per heavy atom. The zero-order chi connectivity index (χ0) is 21.3. The van der Waals surface area contributed by atoms with Crippen LogP contribution in [0.5, 0.6) is 5.88 Å². The van der Waals surface area contributed by atoms with Crippen molar-refractivity contribution < 1.29 is 9.53 Å². The number of aryl methyl sites for hydroxylation is 2. The van der Waals surface area contributed by atoms with Gasteiger partial charge in [0.2, 0.25) is 5.88 Å². The largest absolute Gasteiger partial charge is 0.478 e. The summed E-state index contributed by atoms with van der Waals surface area (Å²) in [6.45, 7) is 8.31. The van der Waals surface area contributed by atoms with E-state index in [9.17, 15) is 4.79 Å². The highest BCUT2D eigenvalue weighted by Gasteiger charge is 2.20. The summed E-state index contributed by atoms with van der Waals surface area (Å²) in [6, 6.07) is 4.24. The number of primary amides is 1. The minimum atomic E-state index is -0.731. The number of carbonyl (C=O) groups is 1. The number of halogens is 1. The number of hydrazine groups is 1. The third kappa shape index (κ3) is 4.19. The molecule has 3 N–H and O–H groups in total. The number of fused-ring (bicyclic) bond motifs is 1. The second kappa shape index (κ2) is 8.12. The molecular weight excluding hydrogens is 394 g/mol. The highest BCUT2D eigenvalue weighted by molar-refractivity contribution is 6.29. The van der Waals surface area contributed by atoms with E-state index in [0.29, 0.717) is 18.1 Å². The van der Waals surface area contributed by atoms with Gasteiger partial charge in [-0.2, -0.15) is 5.10 Å². The van der Waals surface area contributed by atoms with Gasteiger partial charge in [-0.3, -0.25) is 10.1 Å². The fourth-order valence-corrected chi connectivity index (χ4v) is 3.34. The summed E-state index contributed by atoms with van der Waals surface area (Å²) >= 11 is 6.08. The number of nitrogens with zero attached hydrogens (tertiary/aromatic N) is 5. The van der Waals surface area contributed by atoms with E-state index in [1.54, 1.807) is 6.07 Å². The van der Waals surface area contributed by atoms with Crippen LogP contribution in [0, 0.1) is 6.92 Å². The molecule has 0 aliphatic heterocycles. The van der Waals surface area contributed by atoms with Crippen molar-refractivity contribution in [1.29, 1.82) is 0 Å². The SMILES string of the molecule is CCOc1cc(N(Nc2cc(C(C)C)c3c(n2)c(C)nn3C)C(N)=O)cc(Cl)n1. The Bertz CT molecular complexity index is 1060. The molecule has 9 nitrogen and oxygen atoms in total. The summed E-state index contributed by atoms with van der Waals surface area (Å²) in [5.74, 6) is 0.970. The van der Waals surface area contributed by atoms with Crippen molar-refractivity contribution in [2.45, 2.75) is 33.6 Å². The fraction of sp³-hybridized carbons (Fsp3) is 0.368. The maximum Gasteiger partial charge on any atom is 0.338 e. The van der Waals surface area contributed by atoms with Gasteiger partial charge < -0.3 is 10.5 Å². The molecule has 2 amide bonds. The van der Waals surface area contributed by atoms with Crippen molar-refractivity contribution in [3.8, 4) is 5.88 Å². The van der Waals surface area contributed by atoms with Gasteiger partial charge in [0.1, 0.15) is 16.5 Å². The number of nitrogens with two attached hydrogens (primary N) is 1. The quantitative estimate of drug-likeness (QED) is 0.466. The smallest absolute Gasteiger partial charge is 0.338 e. The number of aromatic nitrogens is 4. The van der Waals surface area contributed by atoms with Crippen LogP contribution in [0.1, 0.15) is 37.9 Å². The predicted octanol–water partition coefficient (Wildman–Crippen LogP) is 3.76. The first-order valence-electron chi connectivity index (χ1n) is 9.22. The summed E-state index contributed by atoms with van der Waals surface area (Å²) in [7, 11) is 1.89. The van der Waals surface area contributed by atoms with Gasteiger partial charge in [-0.05, 0) is 31.4 Å². The molecule has 3 heterocycles. The third-order valence-corrected chi connectivity index (χ3v) is 4.56. The van der Waals surface area contributed by atoms with Crippen LogP contribution in [0.3, 0.4) is 0 Å². The lowest BCUT2D eigenvalue weighted by atomic mass is 10.0. The molecule has 0 saturated carbocycles. The predicted molar refractivity (Wildman–Crippen MR) is 113 cm³/mol. The molecular formula is C19H24ClN7O2. The maximum absolute atomic E-state index is 12.2. The Balaban J connectivity index is 2.07. The number of nitrogens with one attached hydrogen (secondary N) is 1. The summed E-state index contributed by atoms with van der Waals surface area (Å²) < 4.78 is 7.22. The van der Waals surface area contributed by atoms with E-state index >= 15 is 0 Å². The van der Waals surface area contributed by atoms with Gasteiger partial charge >= 0.3 is 6.03 Å². The summed E-state index contributed by atoms with van der Waals surface area (Å²) in [4.78, 5) is 20.9. The number of hydrogen-bond acceptors (Lipinski definition) is 6. The van der Waals surface area contributed by atoms with E-state index in [4.69, 9.17) is 22.1 Å². The number of amides is 2. The molecule has 0 radical (unpaired) electrons. The molecule has 0 fully saturated rings. The molecule has 3 rings (SSSR count). The number of carbonyl (C=O) groups excluding carboxylic acids is 1. The van der Waals surface area contributed by atoms with Crippen LogP contribution < -0.4 is 20.9 Å². The lowest BCUT2D eigenvalue weighted by Crippen LogP contribution is -2.40. The van der Waals surface area contributed by atoms with E-state index in [2.05, 4.69) is 34.3 Å². The average molecular weight is 418 g/mol. The van der Waals surface area contributed by atoms with E-state index in [1.807, 2.05) is 31.6 Å². The molecule has 10 heteroatoms. The maximum atomic E-state index is 12.2. The van der Waals surface area contributed by atoms with Gasteiger partial charge in [0, 0.05) is 19.2 Å². The van der Waals surface area contributed by atoms with Crippen LogP contribution in [0.4, 0.5) is 16.3 Å². The molecule has 3 aromatic rings. The van der Waals surface area contributed by atoms with Crippen molar-refractivity contribution in [2.75, 3.05) is 17.0 Å². The molecule has 3 aromatic heterocycles. The molecule has 0 bridgehead atoms. The minimum absolute atomic E-state index is 0.174. The summed E-state index contributed by atoms with van der Waals surface area (Å²) in [6.07, 6.45) is 0. The Hall–Kier alpha value is -3.07.